The van der Waals surface area contributed by atoms with Crippen molar-refractivity contribution in [3.8, 4) is 0 Å². The Hall–Kier alpha value is -2.90. The fourth-order valence-corrected chi connectivity index (χ4v) is 2.96. The number of hydrogen-bond acceptors (Lipinski definition) is 8. The number of esters is 2. The second-order valence-electron chi connectivity index (χ2n) is 6.05. The molecule has 0 fully saturated rings. The SMILES string of the molecule is CCOC(=O)c1c(C)oc2nc(COC(=O)[C@H]3CC=CCC3)nc(N)c12. The first-order valence-corrected chi connectivity index (χ1v) is 8.55. The fourth-order valence-electron chi connectivity index (χ4n) is 2.96. The second kappa shape index (κ2) is 7.55. The fraction of sp³-hybridized carbons (Fsp3) is 0.444. The number of aromatic nitrogens is 2. The molecular formula is C18H21N3O5. The lowest BCUT2D eigenvalue weighted by Crippen LogP contribution is -2.19. The van der Waals surface area contributed by atoms with Crippen LogP contribution in [0.3, 0.4) is 0 Å². The molecule has 1 atom stereocenters. The highest BCUT2D eigenvalue weighted by Crippen LogP contribution is 2.29. The van der Waals surface area contributed by atoms with Crippen molar-refractivity contribution >= 4 is 28.9 Å². The Morgan fingerprint density at radius 1 is 1.31 bits per heavy atom. The zero-order chi connectivity index (χ0) is 18.7. The van der Waals surface area contributed by atoms with Crippen LogP contribution in [0.2, 0.25) is 0 Å². The van der Waals surface area contributed by atoms with Crippen LogP contribution in [-0.2, 0) is 20.9 Å². The van der Waals surface area contributed by atoms with Gasteiger partial charge in [0.15, 0.2) is 12.4 Å². The number of nitrogen functional groups attached to an aromatic ring is 1. The highest BCUT2D eigenvalue weighted by molar-refractivity contribution is 6.07. The van der Waals surface area contributed by atoms with E-state index in [1.807, 2.05) is 6.08 Å². The van der Waals surface area contributed by atoms with Gasteiger partial charge in [0.05, 0.1) is 17.9 Å². The summed E-state index contributed by atoms with van der Waals surface area (Å²) in [5, 5.41) is 0.313. The number of rotatable bonds is 5. The van der Waals surface area contributed by atoms with Gasteiger partial charge in [0, 0.05) is 0 Å². The lowest BCUT2D eigenvalue weighted by atomic mass is 9.95. The van der Waals surface area contributed by atoms with E-state index < -0.39 is 5.97 Å². The van der Waals surface area contributed by atoms with Crippen molar-refractivity contribution in [1.29, 1.82) is 0 Å². The van der Waals surface area contributed by atoms with Gasteiger partial charge in [0.1, 0.15) is 17.1 Å². The summed E-state index contributed by atoms with van der Waals surface area (Å²) in [7, 11) is 0. The van der Waals surface area contributed by atoms with Crippen molar-refractivity contribution in [2.24, 2.45) is 5.92 Å². The molecule has 0 saturated heterocycles. The standard InChI is InChI=1S/C18H21N3O5/c1-3-24-18(23)13-10(2)26-16-14(13)15(19)20-12(21-16)9-25-17(22)11-7-5-4-6-8-11/h4-5,11H,3,6-9H2,1-2H3,(H2,19,20,21)/t11-/m0/s1. The predicted octanol–water partition coefficient (Wildman–Crippen LogP) is 2.69. The topological polar surface area (TPSA) is 118 Å². The first-order chi connectivity index (χ1) is 12.5. The first kappa shape index (κ1) is 17.9. The molecule has 8 nitrogen and oxygen atoms in total. The molecule has 26 heavy (non-hydrogen) atoms. The molecule has 0 bridgehead atoms. The van der Waals surface area contributed by atoms with Gasteiger partial charge in [-0.2, -0.15) is 4.98 Å². The average Bonchev–Trinajstić information content (AvgIpc) is 2.97. The minimum atomic E-state index is -0.538. The molecule has 3 rings (SSSR count). The quantitative estimate of drug-likeness (QED) is 0.639. The number of furan rings is 1. The Bertz CT molecular complexity index is 871. The normalized spacial score (nSPS) is 16.6. The average molecular weight is 359 g/mol. The van der Waals surface area contributed by atoms with Gasteiger partial charge in [-0.1, -0.05) is 12.2 Å². The molecule has 8 heteroatoms. The van der Waals surface area contributed by atoms with Gasteiger partial charge >= 0.3 is 11.9 Å². The maximum Gasteiger partial charge on any atom is 0.342 e. The van der Waals surface area contributed by atoms with Gasteiger partial charge in [0.25, 0.3) is 0 Å². The smallest absolute Gasteiger partial charge is 0.342 e. The highest BCUT2D eigenvalue weighted by atomic mass is 16.5. The maximum atomic E-state index is 12.1. The predicted molar refractivity (Wildman–Crippen MR) is 93.2 cm³/mol. The molecule has 1 aliphatic rings. The summed E-state index contributed by atoms with van der Waals surface area (Å²) in [6, 6.07) is 0. The number of allylic oxidation sites excluding steroid dienone is 2. The summed E-state index contributed by atoms with van der Waals surface area (Å²) >= 11 is 0. The molecule has 2 heterocycles. The molecular weight excluding hydrogens is 338 g/mol. The molecule has 0 unspecified atom stereocenters. The molecule has 0 radical (unpaired) electrons. The number of nitrogens with two attached hydrogens (primary N) is 1. The van der Waals surface area contributed by atoms with Gasteiger partial charge < -0.3 is 19.6 Å². The lowest BCUT2D eigenvalue weighted by Gasteiger charge is -2.16. The number of aryl methyl sites for hydroxylation is 1. The van der Waals surface area contributed by atoms with Gasteiger partial charge in [-0.05, 0) is 33.1 Å². The van der Waals surface area contributed by atoms with Crippen molar-refractivity contribution in [1.82, 2.24) is 9.97 Å². The lowest BCUT2D eigenvalue weighted by molar-refractivity contribution is -0.150. The Morgan fingerprint density at radius 2 is 2.12 bits per heavy atom. The Balaban J connectivity index is 1.79. The monoisotopic (exact) mass is 359 g/mol. The number of carbonyl (C=O) groups is 2. The van der Waals surface area contributed by atoms with E-state index in [0.29, 0.717) is 17.6 Å². The zero-order valence-corrected chi connectivity index (χ0v) is 14.8. The molecule has 2 aromatic heterocycles. The Kier molecular flexibility index (Phi) is 5.20. The van der Waals surface area contributed by atoms with Crippen molar-refractivity contribution in [2.45, 2.75) is 39.7 Å². The summed E-state index contributed by atoms with van der Waals surface area (Å²) in [6.45, 7) is 3.47. The van der Waals surface area contributed by atoms with E-state index in [4.69, 9.17) is 19.6 Å². The summed E-state index contributed by atoms with van der Waals surface area (Å²) in [6.07, 6.45) is 6.37. The van der Waals surface area contributed by atoms with Crippen molar-refractivity contribution in [2.75, 3.05) is 12.3 Å². The van der Waals surface area contributed by atoms with E-state index in [9.17, 15) is 9.59 Å². The van der Waals surface area contributed by atoms with Crippen molar-refractivity contribution < 1.29 is 23.5 Å². The van der Waals surface area contributed by atoms with Gasteiger partial charge in [-0.15, -0.1) is 0 Å². The van der Waals surface area contributed by atoms with Crippen LogP contribution < -0.4 is 5.73 Å². The minimum absolute atomic E-state index is 0.0848. The zero-order valence-electron chi connectivity index (χ0n) is 14.8. The first-order valence-electron chi connectivity index (χ1n) is 8.55. The van der Waals surface area contributed by atoms with Crippen LogP contribution in [-0.4, -0.2) is 28.5 Å². The molecule has 0 amide bonds. The summed E-state index contributed by atoms with van der Waals surface area (Å²) < 4.78 is 15.9. The van der Waals surface area contributed by atoms with E-state index in [-0.39, 0.29) is 48.0 Å². The third kappa shape index (κ3) is 3.54. The van der Waals surface area contributed by atoms with E-state index >= 15 is 0 Å². The maximum absolute atomic E-state index is 12.1. The third-order valence-electron chi connectivity index (χ3n) is 4.23. The van der Waals surface area contributed by atoms with Crippen LogP contribution in [0.15, 0.2) is 16.6 Å². The summed E-state index contributed by atoms with van der Waals surface area (Å²) in [5.41, 5.74) is 6.38. The molecule has 2 N–H and O–H groups in total. The van der Waals surface area contributed by atoms with E-state index in [0.717, 1.165) is 12.8 Å². The minimum Gasteiger partial charge on any atom is -0.462 e. The molecule has 0 spiro atoms. The van der Waals surface area contributed by atoms with Crippen LogP contribution in [0.25, 0.3) is 11.1 Å². The van der Waals surface area contributed by atoms with Crippen LogP contribution in [0.1, 0.15) is 48.1 Å². The number of ether oxygens (including phenoxy) is 2. The largest absolute Gasteiger partial charge is 0.462 e. The summed E-state index contributed by atoms with van der Waals surface area (Å²) in [4.78, 5) is 32.6. The molecule has 0 aliphatic heterocycles. The van der Waals surface area contributed by atoms with Crippen LogP contribution in [0.5, 0.6) is 0 Å². The Labute approximate surface area is 150 Å². The summed E-state index contributed by atoms with van der Waals surface area (Å²) in [5.74, 6) is -0.298. The number of nitrogens with zero attached hydrogens (tertiary/aromatic N) is 2. The van der Waals surface area contributed by atoms with Crippen LogP contribution in [0.4, 0.5) is 5.82 Å². The van der Waals surface area contributed by atoms with Crippen LogP contribution in [0, 0.1) is 12.8 Å². The molecule has 2 aromatic rings. The molecule has 138 valence electrons. The Morgan fingerprint density at radius 3 is 2.81 bits per heavy atom. The number of hydrogen-bond donors (Lipinski definition) is 1. The molecule has 0 saturated carbocycles. The number of carbonyl (C=O) groups excluding carboxylic acids is 2. The van der Waals surface area contributed by atoms with Gasteiger partial charge in [-0.25, -0.2) is 9.78 Å². The van der Waals surface area contributed by atoms with E-state index in [1.165, 1.54) is 0 Å². The third-order valence-corrected chi connectivity index (χ3v) is 4.23. The van der Waals surface area contributed by atoms with E-state index in [2.05, 4.69) is 16.0 Å². The molecule has 0 aromatic carbocycles. The van der Waals surface area contributed by atoms with Crippen LogP contribution >= 0.6 is 0 Å². The van der Waals surface area contributed by atoms with Crippen molar-refractivity contribution in [3.05, 3.63) is 29.3 Å². The molecule has 1 aliphatic carbocycles. The second-order valence-corrected chi connectivity index (χ2v) is 6.05. The number of fused-ring (bicyclic) bond motifs is 1. The van der Waals surface area contributed by atoms with Crippen molar-refractivity contribution in [3.63, 3.8) is 0 Å². The number of anilines is 1. The van der Waals surface area contributed by atoms with E-state index in [1.54, 1.807) is 13.8 Å². The van der Waals surface area contributed by atoms with Gasteiger partial charge in [-0.3, -0.25) is 4.79 Å². The highest BCUT2D eigenvalue weighted by Gasteiger charge is 2.25. The van der Waals surface area contributed by atoms with Gasteiger partial charge in [0.2, 0.25) is 5.71 Å².